The number of aromatic nitrogens is 4. The van der Waals surface area contributed by atoms with E-state index in [4.69, 9.17) is 0 Å². The molecule has 1 unspecified atom stereocenters. The summed E-state index contributed by atoms with van der Waals surface area (Å²) in [4.78, 5) is 20.3. The number of hydrogen-bond donors (Lipinski definition) is 3. The molecule has 1 fully saturated rings. The fourth-order valence-electron chi connectivity index (χ4n) is 3.62. The maximum absolute atomic E-state index is 12.7. The van der Waals surface area contributed by atoms with Gasteiger partial charge in [-0.15, -0.1) is 0 Å². The van der Waals surface area contributed by atoms with Gasteiger partial charge in [0.25, 0.3) is 5.91 Å². The smallest absolute Gasteiger partial charge is 0.274 e. The number of rotatable bonds is 5. The largest absolute Gasteiger partial charge is 0.338 e. The molecule has 3 heterocycles. The SMILES string of the molecule is Cc1cn(C(C)c2ccccc2)nc1NC(=O)c1cnc(C2CCNCC2)[nH]1. The molecule has 0 aliphatic carbocycles. The van der Waals surface area contributed by atoms with E-state index in [-0.39, 0.29) is 11.9 Å². The molecule has 1 aliphatic rings. The zero-order valence-corrected chi connectivity index (χ0v) is 16.3. The van der Waals surface area contributed by atoms with Crippen molar-refractivity contribution in [2.75, 3.05) is 18.4 Å². The first-order valence-electron chi connectivity index (χ1n) is 9.79. The normalized spacial score (nSPS) is 16.1. The van der Waals surface area contributed by atoms with Crippen molar-refractivity contribution in [3.05, 3.63) is 65.4 Å². The molecule has 7 nitrogen and oxygen atoms in total. The topological polar surface area (TPSA) is 87.6 Å². The Labute approximate surface area is 164 Å². The summed E-state index contributed by atoms with van der Waals surface area (Å²) >= 11 is 0. The predicted octanol–water partition coefficient (Wildman–Crippen LogP) is 3.24. The molecule has 7 heteroatoms. The Morgan fingerprint density at radius 3 is 2.75 bits per heavy atom. The molecule has 146 valence electrons. The highest BCUT2D eigenvalue weighted by atomic mass is 16.2. The lowest BCUT2D eigenvalue weighted by Crippen LogP contribution is -2.27. The molecular weight excluding hydrogens is 352 g/mol. The van der Waals surface area contributed by atoms with E-state index in [1.807, 2.05) is 36.0 Å². The summed E-state index contributed by atoms with van der Waals surface area (Å²) < 4.78 is 1.88. The third-order valence-corrected chi connectivity index (χ3v) is 5.39. The highest BCUT2D eigenvalue weighted by Gasteiger charge is 2.21. The first kappa shape index (κ1) is 18.4. The number of aromatic amines is 1. The van der Waals surface area contributed by atoms with Crippen LogP contribution >= 0.6 is 0 Å². The van der Waals surface area contributed by atoms with Crippen molar-refractivity contribution >= 4 is 11.7 Å². The Kier molecular flexibility index (Phi) is 5.25. The molecular formula is C21H26N6O. The molecule has 0 saturated carbocycles. The van der Waals surface area contributed by atoms with Gasteiger partial charge in [0.05, 0.1) is 12.2 Å². The Morgan fingerprint density at radius 2 is 2.00 bits per heavy atom. The van der Waals surface area contributed by atoms with Crippen LogP contribution in [0.2, 0.25) is 0 Å². The van der Waals surface area contributed by atoms with Crippen LogP contribution < -0.4 is 10.6 Å². The number of piperidine rings is 1. The van der Waals surface area contributed by atoms with E-state index in [1.54, 1.807) is 6.20 Å². The maximum Gasteiger partial charge on any atom is 0.274 e. The van der Waals surface area contributed by atoms with Crippen molar-refractivity contribution in [1.29, 1.82) is 0 Å². The molecule has 0 spiro atoms. The van der Waals surface area contributed by atoms with Crippen LogP contribution in [0.5, 0.6) is 0 Å². The third-order valence-electron chi connectivity index (χ3n) is 5.39. The Balaban J connectivity index is 1.46. The molecule has 3 aromatic rings. The number of imidazole rings is 1. The third kappa shape index (κ3) is 3.84. The lowest BCUT2D eigenvalue weighted by Gasteiger charge is -2.20. The van der Waals surface area contributed by atoms with Gasteiger partial charge in [-0.05, 0) is 45.3 Å². The molecule has 0 bridgehead atoms. The summed E-state index contributed by atoms with van der Waals surface area (Å²) in [5.74, 6) is 1.64. The minimum absolute atomic E-state index is 0.0872. The minimum Gasteiger partial charge on any atom is -0.338 e. The van der Waals surface area contributed by atoms with Gasteiger partial charge in [-0.25, -0.2) is 4.98 Å². The van der Waals surface area contributed by atoms with Gasteiger partial charge >= 0.3 is 0 Å². The lowest BCUT2D eigenvalue weighted by molar-refractivity contribution is 0.102. The summed E-state index contributed by atoms with van der Waals surface area (Å²) in [5, 5.41) is 10.8. The van der Waals surface area contributed by atoms with Crippen LogP contribution in [-0.4, -0.2) is 38.7 Å². The highest BCUT2D eigenvalue weighted by molar-refractivity contribution is 6.02. The van der Waals surface area contributed by atoms with E-state index >= 15 is 0 Å². The summed E-state index contributed by atoms with van der Waals surface area (Å²) in [6, 6.07) is 10.3. The second kappa shape index (κ2) is 7.98. The number of benzene rings is 1. The zero-order chi connectivity index (χ0) is 19.5. The molecule has 1 aliphatic heterocycles. The number of nitrogens with one attached hydrogen (secondary N) is 3. The van der Waals surface area contributed by atoms with Gasteiger partial charge in [0.1, 0.15) is 11.5 Å². The summed E-state index contributed by atoms with van der Waals surface area (Å²) in [6.45, 7) is 6.02. The van der Waals surface area contributed by atoms with Gasteiger partial charge in [-0.2, -0.15) is 5.10 Å². The fourth-order valence-corrected chi connectivity index (χ4v) is 3.62. The second-order valence-electron chi connectivity index (χ2n) is 7.39. The van der Waals surface area contributed by atoms with Crippen LogP contribution in [0, 0.1) is 6.92 Å². The van der Waals surface area contributed by atoms with Gasteiger partial charge in [0.15, 0.2) is 5.82 Å². The first-order chi connectivity index (χ1) is 13.6. The number of amides is 1. The van der Waals surface area contributed by atoms with Gasteiger partial charge < -0.3 is 15.6 Å². The molecule has 3 N–H and O–H groups in total. The van der Waals surface area contributed by atoms with Gasteiger partial charge in [-0.1, -0.05) is 30.3 Å². The maximum atomic E-state index is 12.7. The number of carbonyl (C=O) groups excluding carboxylic acids is 1. The average molecular weight is 378 g/mol. The van der Waals surface area contributed by atoms with Gasteiger partial charge in [0, 0.05) is 17.7 Å². The number of carbonyl (C=O) groups is 1. The van der Waals surface area contributed by atoms with Crippen molar-refractivity contribution in [3.8, 4) is 0 Å². The van der Waals surface area contributed by atoms with Crippen LogP contribution in [0.4, 0.5) is 5.82 Å². The molecule has 1 aromatic carbocycles. The molecule has 1 atom stereocenters. The average Bonchev–Trinajstić information content (AvgIpc) is 3.36. The highest BCUT2D eigenvalue weighted by Crippen LogP contribution is 2.23. The van der Waals surface area contributed by atoms with Crippen LogP contribution in [0.15, 0.2) is 42.7 Å². The van der Waals surface area contributed by atoms with Crippen molar-refractivity contribution in [2.24, 2.45) is 0 Å². The number of H-pyrrole nitrogens is 1. The van der Waals surface area contributed by atoms with E-state index in [0.717, 1.165) is 37.3 Å². The Bertz CT molecular complexity index is 939. The first-order valence-corrected chi connectivity index (χ1v) is 9.79. The zero-order valence-electron chi connectivity index (χ0n) is 16.3. The fraction of sp³-hybridized carbons (Fsp3) is 0.381. The number of nitrogens with zero attached hydrogens (tertiary/aromatic N) is 3. The van der Waals surface area contributed by atoms with Crippen LogP contribution in [0.1, 0.15) is 59.2 Å². The van der Waals surface area contributed by atoms with E-state index < -0.39 is 0 Å². The summed E-state index contributed by atoms with van der Waals surface area (Å²) in [6.07, 6.45) is 5.65. The van der Waals surface area contributed by atoms with E-state index in [2.05, 4.69) is 44.8 Å². The van der Waals surface area contributed by atoms with Crippen LogP contribution in [-0.2, 0) is 0 Å². The lowest BCUT2D eigenvalue weighted by atomic mass is 9.98. The monoisotopic (exact) mass is 378 g/mol. The van der Waals surface area contributed by atoms with Gasteiger partial charge in [0.2, 0.25) is 0 Å². The van der Waals surface area contributed by atoms with E-state index in [0.29, 0.717) is 17.4 Å². The van der Waals surface area contributed by atoms with Crippen molar-refractivity contribution in [3.63, 3.8) is 0 Å². The summed E-state index contributed by atoms with van der Waals surface area (Å²) in [5.41, 5.74) is 2.57. The molecule has 1 amide bonds. The van der Waals surface area contributed by atoms with Crippen LogP contribution in [0.3, 0.4) is 0 Å². The standard InChI is InChI=1S/C21H26N6O/c1-14-13-27(15(2)16-6-4-3-5-7-16)26-19(14)25-21(28)18-12-23-20(24-18)17-8-10-22-11-9-17/h3-7,12-13,15,17,22H,8-11H2,1-2H3,(H,23,24)(H,25,26,28). The van der Waals surface area contributed by atoms with Crippen molar-refractivity contribution in [2.45, 2.75) is 38.6 Å². The number of anilines is 1. The van der Waals surface area contributed by atoms with Crippen molar-refractivity contribution < 1.29 is 4.79 Å². The predicted molar refractivity (Wildman–Crippen MR) is 109 cm³/mol. The minimum atomic E-state index is -0.214. The number of aryl methyl sites for hydroxylation is 1. The summed E-state index contributed by atoms with van der Waals surface area (Å²) in [7, 11) is 0. The molecule has 4 rings (SSSR count). The second-order valence-corrected chi connectivity index (χ2v) is 7.39. The molecule has 0 radical (unpaired) electrons. The molecule has 1 saturated heterocycles. The van der Waals surface area contributed by atoms with Gasteiger partial charge in [-0.3, -0.25) is 9.48 Å². The molecule has 2 aromatic heterocycles. The van der Waals surface area contributed by atoms with Crippen LogP contribution in [0.25, 0.3) is 0 Å². The van der Waals surface area contributed by atoms with E-state index in [9.17, 15) is 4.79 Å². The Hall–Kier alpha value is -2.93. The number of hydrogen-bond acceptors (Lipinski definition) is 4. The molecule has 28 heavy (non-hydrogen) atoms. The quantitative estimate of drug-likeness (QED) is 0.636. The van der Waals surface area contributed by atoms with Crippen molar-refractivity contribution in [1.82, 2.24) is 25.1 Å². The van der Waals surface area contributed by atoms with E-state index in [1.165, 1.54) is 5.56 Å². The Morgan fingerprint density at radius 1 is 1.25 bits per heavy atom.